The van der Waals surface area contributed by atoms with E-state index < -0.39 is 5.97 Å². The second-order valence-corrected chi connectivity index (χ2v) is 3.20. The van der Waals surface area contributed by atoms with Gasteiger partial charge >= 0.3 is 5.97 Å². The number of carbonyl (C=O) groups is 1. The Balaban J connectivity index is 2.58. The number of esters is 1. The van der Waals surface area contributed by atoms with Gasteiger partial charge in [0.2, 0.25) is 0 Å². The Hall–Kier alpha value is -2.17. The summed E-state index contributed by atoms with van der Waals surface area (Å²) in [5.41, 5.74) is -0.181. The van der Waals surface area contributed by atoms with Crippen LogP contribution in [0.5, 0.6) is 0 Å². The number of rotatable bonds is 2. The Labute approximate surface area is 91.1 Å². The number of H-pyrrole nitrogens is 1. The molecule has 16 heavy (non-hydrogen) atoms. The minimum Gasteiger partial charge on any atom is -0.461 e. The molecule has 0 saturated heterocycles. The van der Waals surface area contributed by atoms with Crippen LogP contribution in [-0.2, 0) is 4.74 Å². The van der Waals surface area contributed by atoms with Crippen molar-refractivity contribution in [2.75, 3.05) is 6.61 Å². The molecule has 1 N–H and O–H groups in total. The lowest BCUT2D eigenvalue weighted by Crippen LogP contribution is -2.15. The molecule has 0 aliphatic heterocycles. The van der Waals surface area contributed by atoms with Gasteiger partial charge < -0.3 is 9.72 Å². The molecule has 0 bridgehead atoms. The Bertz CT molecular complexity index is 589. The highest BCUT2D eigenvalue weighted by atomic mass is 16.5. The van der Waals surface area contributed by atoms with Crippen LogP contribution >= 0.6 is 0 Å². The molecular weight excluding hydrogens is 208 g/mol. The maximum absolute atomic E-state index is 11.6. The molecule has 0 aliphatic carbocycles. The van der Waals surface area contributed by atoms with Gasteiger partial charge in [-0.05, 0) is 24.4 Å². The van der Waals surface area contributed by atoms with E-state index in [0.717, 1.165) is 0 Å². The van der Waals surface area contributed by atoms with E-state index in [1.807, 2.05) is 0 Å². The summed E-state index contributed by atoms with van der Waals surface area (Å²) >= 11 is 0. The third kappa shape index (κ3) is 1.79. The zero-order valence-corrected chi connectivity index (χ0v) is 8.69. The monoisotopic (exact) mass is 218 g/mol. The molecular formula is C11H10N2O3. The quantitative estimate of drug-likeness (QED) is 0.766. The van der Waals surface area contributed by atoms with Crippen molar-refractivity contribution in [2.24, 2.45) is 0 Å². The van der Waals surface area contributed by atoms with Crippen molar-refractivity contribution in [2.45, 2.75) is 6.92 Å². The summed E-state index contributed by atoms with van der Waals surface area (Å²) in [5, 5.41) is 1.12. The van der Waals surface area contributed by atoms with Crippen molar-refractivity contribution in [3.63, 3.8) is 0 Å². The van der Waals surface area contributed by atoms with Gasteiger partial charge in [0.25, 0.3) is 5.56 Å². The summed E-state index contributed by atoms with van der Waals surface area (Å²) in [6, 6.07) is 3.25. The number of fused-ring (bicyclic) bond motifs is 1. The minimum absolute atomic E-state index is 0.158. The summed E-state index contributed by atoms with van der Waals surface area (Å²) in [6.45, 7) is 1.98. The summed E-state index contributed by atoms with van der Waals surface area (Å²) in [4.78, 5) is 29.4. The Morgan fingerprint density at radius 3 is 3.12 bits per heavy atom. The van der Waals surface area contributed by atoms with Crippen LogP contribution in [0.15, 0.2) is 29.3 Å². The predicted molar refractivity (Wildman–Crippen MR) is 58.3 cm³/mol. The summed E-state index contributed by atoms with van der Waals surface area (Å²) in [6.07, 6.45) is 3.03. The van der Waals surface area contributed by atoms with E-state index in [0.29, 0.717) is 10.8 Å². The van der Waals surface area contributed by atoms with Crippen molar-refractivity contribution in [3.05, 3.63) is 40.6 Å². The van der Waals surface area contributed by atoms with Gasteiger partial charge in [-0.3, -0.25) is 9.78 Å². The standard InChI is InChI=1S/C11H10N2O3/c1-2-16-11(15)9-5-7-3-4-12-6-8(7)10(14)13-9/h3-6H,2H2,1H3,(H,13,14). The average molecular weight is 218 g/mol. The molecule has 2 rings (SSSR count). The second-order valence-electron chi connectivity index (χ2n) is 3.20. The molecule has 0 fully saturated rings. The van der Waals surface area contributed by atoms with Crippen LogP contribution < -0.4 is 5.56 Å². The number of ether oxygens (including phenoxy) is 1. The largest absolute Gasteiger partial charge is 0.461 e. The minimum atomic E-state index is -0.529. The molecule has 0 radical (unpaired) electrons. The van der Waals surface area contributed by atoms with Crippen molar-refractivity contribution in [1.29, 1.82) is 0 Å². The summed E-state index contributed by atoms with van der Waals surface area (Å²) < 4.78 is 4.81. The van der Waals surface area contributed by atoms with E-state index in [1.54, 1.807) is 25.3 Å². The molecule has 0 spiro atoms. The van der Waals surface area contributed by atoms with E-state index in [9.17, 15) is 9.59 Å². The molecule has 2 aromatic rings. The smallest absolute Gasteiger partial charge is 0.354 e. The van der Waals surface area contributed by atoms with Crippen LogP contribution in [0.25, 0.3) is 10.8 Å². The number of nitrogens with zero attached hydrogens (tertiary/aromatic N) is 1. The Morgan fingerprint density at radius 2 is 2.38 bits per heavy atom. The van der Waals surface area contributed by atoms with Crippen LogP contribution in [-0.4, -0.2) is 22.5 Å². The number of aromatic nitrogens is 2. The molecule has 5 nitrogen and oxygen atoms in total. The SMILES string of the molecule is CCOC(=O)c1cc2ccncc2c(=O)[nH]1. The van der Waals surface area contributed by atoms with Gasteiger partial charge in [-0.15, -0.1) is 0 Å². The number of aromatic amines is 1. The van der Waals surface area contributed by atoms with E-state index in [2.05, 4.69) is 9.97 Å². The summed E-state index contributed by atoms with van der Waals surface area (Å²) in [5.74, 6) is -0.529. The molecule has 0 aromatic carbocycles. The van der Waals surface area contributed by atoms with Crippen molar-refractivity contribution in [1.82, 2.24) is 9.97 Å². The lowest BCUT2D eigenvalue weighted by molar-refractivity contribution is 0.0519. The molecule has 0 unspecified atom stereocenters. The van der Waals surface area contributed by atoms with Crippen LogP contribution in [0.2, 0.25) is 0 Å². The molecule has 2 heterocycles. The van der Waals surface area contributed by atoms with Gasteiger partial charge in [-0.25, -0.2) is 4.79 Å². The van der Waals surface area contributed by atoms with E-state index in [-0.39, 0.29) is 17.9 Å². The lowest BCUT2D eigenvalue weighted by atomic mass is 10.2. The van der Waals surface area contributed by atoms with E-state index >= 15 is 0 Å². The van der Waals surface area contributed by atoms with Crippen molar-refractivity contribution < 1.29 is 9.53 Å². The fourth-order valence-corrected chi connectivity index (χ4v) is 1.42. The van der Waals surface area contributed by atoms with Gasteiger partial charge in [0.1, 0.15) is 5.69 Å². The number of hydrogen-bond acceptors (Lipinski definition) is 4. The fourth-order valence-electron chi connectivity index (χ4n) is 1.42. The topological polar surface area (TPSA) is 72.0 Å². The Kier molecular flexibility index (Phi) is 2.68. The number of carbonyl (C=O) groups excluding carboxylic acids is 1. The highest BCUT2D eigenvalue weighted by Gasteiger charge is 2.09. The normalized spacial score (nSPS) is 10.3. The highest BCUT2D eigenvalue weighted by molar-refractivity contribution is 5.92. The first-order chi connectivity index (χ1) is 7.72. The maximum atomic E-state index is 11.6. The van der Waals surface area contributed by atoms with Crippen LogP contribution in [0, 0.1) is 0 Å². The first kappa shape index (κ1) is 10.4. The summed E-state index contributed by atoms with van der Waals surface area (Å²) in [7, 11) is 0. The van der Waals surface area contributed by atoms with Crippen LogP contribution in [0.1, 0.15) is 17.4 Å². The highest BCUT2D eigenvalue weighted by Crippen LogP contribution is 2.08. The van der Waals surface area contributed by atoms with Gasteiger partial charge in [0.15, 0.2) is 0 Å². The molecule has 82 valence electrons. The van der Waals surface area contributed by atoms with Crippen LogP contribution in [0.4, 0.5) is 0 Å². The molecule has 0 saturated carbocycles. The van der Waals surface area contributed by atoms with E-state index in [4.69, 9.17) is 4.74 Å². The maximum Gasteiger partial charge on any atom is 0.354 e. The number of nitrogens with one attached hydrogen (secondary N) is 1. The molecule has 5 heteroatoms. The third-order valence-corrected chi connectivity index (χ3v) is 2.14. The van der Waals surface area contributed by atoms with E-state index in [1.165, 1.54) is 6.20 Å². The van der Waals surface area contributed by atoms with Gasteiger partial charge in [0.05, 0.1) is 12.0 Å². The predicted octanol–water partition coefficient (Wildman–Crippen LogP) is 1.10. The zero-order chi connectivity index (χ0) is 11.5. The van der Waals surface area contributed by atoms with Crippen molar-refractivity contribution in [3.8, 4) is 0 Å². The Morgan fingerprint density at radius 1 is 1.56 bits per heavy atom. The fraction of sp³-hybridized carbons (Fsp3) is 0.182. The lowest BCUT2D eigenvalue weighted by Gasteiger charge is -2.02. The number of pyridine rings is 2. The molecule has 0 amide bonds. The first-order valence-corrected chi connectivity index (χ1v) is 4.86. The molecule has 2 aromatic heterocycles. The molecule has 0 aliphatic rings. The average Bonchev–Trinajstić information content (AvgIpc) is 2.29. The first-order valence-electron chi connectivity index (χ1n) is 4.86. The van der Waals surface area contributed by atoms with Crippen molar-refractivity contribution >= 4 is 16.7 Å². The van der Waals surface area contributed by atoms with Gasteiger partial charge in [-0.2, -0.15) is 0 Å². The second kappa shape index (κ2) is 4.14. The van der Waals surface area contributed by atoms with Gasteiger partial charge in [-0.1, -0.05) is 0 Å². The van der Waals surface area contributed by atoms with Gasteiger partial charge in [0, 0.05) is 12.4 Å². The number of hydrogen-bond donors (Lipinski definition) is 1. The third-order valence-electron chi connectivity index (χ3n) is 2.14. The molecule has 0 atom stereocenters. The zero-order valence-electron chi connectivity index (χ0n) is 8.69. The van der Waals surface area contributed by atoms with Crippen LogP contribution in [0.3, 0.4) is 0 Å².